The zero-order valence-corrected chi connectivity index (χ0v) is 19.4. The summed E-state index contributed by atoms with van der Waals surface area (Å²) in [7, 11) is 0. The first kappa shape index (κ1) is 21.2. The molecule has 0 spiro atoms. The summed E-state index contributed by atoms with van der Waals surface area (Å²) < 4.78 is 6.81. The fourth-order valence-electron chi connectivity index (χ4n) is 5.05. The lowest BCUT2D eigenvalue weighted by molar-refractivity contribution is 0.0385. The second-order valence-corrected chi connectivity index (χ2v) is 9.56. The molecule has 1 fully saturated rings. The first-order valence-corrected chi connectivity index (χ1v) is 11.9. The van der Waals surface area contributed by atoms with E-state index in [1.165, 1.54) is 22.3 Å². The molecule has 0 saturated carbocycles. The number of carbonyl (C=O) groups excluding carboxylic acids is 1. The van der Waals surface area contributed by atoms with Crippen LogP contribution in [-0.4, -0.2) is 35.8 Å². The van der Waals surface area contributed by atoms with Crippen LogP contribution in [0.15, 0.2) is 77.3 Å². The first-order valence-electron chi connectivity index (χ1n) is 11.2. The van der Waals surface area contributed by atoms with Gasteiger partial charge in [-0.3, -0.25) is 0 Å². The first-order chi connectivity index (χ1) is 15.6. The fourth-order valence-corrected chi connectivity index (χ4v) is 5.32. The molecule has 1 heterocycles. The number of nitrogens with zero attached hydrogens (tertiary/aromatic N) is 1. The number of halogens is 1. The summed E-state index contributed by atoms with van der Waals surface area (Å²) in [4.78, 5) is 14.7. The number of rotatable bonds is 4. The molecule has 32 heavy (non-hydrogen) atoms. The van der Waals surface area contributed by atoms with Crippen molar-refractivity contribution in [3.63, 3.8) is 0 Å². The Hall–Kier alpha value is -2.63. The third-order valence-electron chi connectivity index (χ3n) is 6.71. The predicted molar refractivity (Wildman–Crippen MR) is 128 cm³/mol. The van der Waals surface area contributed by atoms with Gasteiger partial charge in [0, 0.05) is 29.4 Å². The molecule has 3 aromatic carbocycles. The van der Waals surface area contributed by atoms with Gasteiger partial charge in [0.25, 0.3) is 0 Å². The van der Waals surface area contributed by atoms with Crippen LogP contribution < -0.4 is 0 Å². The van der Waals surface area contributed by atoms with Gasteiger partial charge in [0.05, 0.1) is 6.10 Å². The maximum atomic E-state index is 12.9. The molecule has 2 atom stereocenters. The molecule has 164 valence electrons. The topological polar surface area (TPSA) is 49.8 Å². The number of aliphatic hydroxyl groups excluding tert-OH is 1. The molecule has 1 aliphatic heterocycles. The normalized spacial score (nSPS) is 18.7. The van der Waals surface area contributed by atoms with Gasteiger partial charge < -0.3 is 14.7 Å². The Morgan fingerprint density at radius 1 is 1.00 bits per heavy atom. The Labute approximate surface area is 197 Å². The van der Waals surface area contributed by atoms with Crippen molar-refractivity contribution in [2.24, 2.45) is 5.92 Å². The third kappa shape index (κ3) is 4.07. The van der Waals surface area contributed by atoms with Crippen molar-refractivity contribution in [2.75, 3.05) is 19.7 Å². The van der Waals surface area contributed by atoms with Crippen LogP contribution >= 0.6 is 15.9 Å². The number of likely N-dealkylation sites (tertiary alicyclic amines) is 1. The SMILES string of the molecule is O=C(OCC1c2ccccc2-c2ccccc21)N1CCCC(C(O)c2ccc(Br)cc2)C1. The minimum atomic E-state index is -0.590. The summed E-state index contributed by atoms with van der Waals surface area (Å²) in [6.07, 6.45) is 0.874. The van der Waals surface area contributed by atoms with Gasteiger partial charge in [0.15, 0.2) is 0 Å². The van der Waals surface area contributed by atoms with Crippen molar-refractivity contribution in [3.05, 3.63) is 94.0 Å². The number of hydrogen-bond acceptors (Lipinski definition) is 3. The average Bonchev–Trinajstić information content (AvgIpc) is 3.16. The zero-order valence-electron chi connectivity index (χ0n) is 17.8. The minimum absolute atomic E-state index is 0.00501. The number of amides is 1. The molecule has 5 rings (SSSR count). The maximum absolute atomic E-state index is 12.9. The second-order valence-electron chi connectivity index (χ2n) is 8.65. The van der Waals surface area contributed by atoms with Crippen molar-refractivity contribution in [1.82, 2.24) is 4.90 Å². The number of benzene rings is 3. The van der Waals surface area contributed by atoms with Gasteiger partial charge in [0.1, 0.15) is 6.61 Å². The summed E-state index contributed by atoms with van der Waals surface area (Å²) in [6, 6.07) is 24.4. The molecule has 1 aliphatic carbocycles. The van der Waals surface area contributed by atoms with E-state index in [0.717, 1.165) is 22.9 Å². The number of hydrogen-bond donors (Lipinski definition) is 1. The smallest absolute Gasteiger partial charge is 0.409 e. The Morgan fingerprint density at radius 2 is 1.62 bits per heavy atom. The van der Waals surface area contributed by atoms with Crippen molar-refractivity contribution < 1.29 is 14.6 Å². The summed E-state index contributed by atoms with van der Waals surface area (Å²) in [5.74, 6) is 0.0608. The van der Waals surface area contributed by atoms with Crippen LogP contribution in [0.3, 0.4) is 0 Å². The standard InChI is InChI=1S/C27H26BrNO3/c28-20-13-11-18(12-14-20)26(30)19-6-5-15-29(16-19)27(31)32-17-25-23-9-3-1-7-21(23)22-8-2-4-10-24(22)25/h1-4,7-14,19,25-26,30H,5-6,15-17H2. The molecule has 1 amide bonds. The molecule has 1 N–H and O–H groups in total. The van der Waals surface area contributed by atoms with Crippen molar-refractivity contribution in [1.29, 1.82) is 0 Å². The van der Waals surface area contributed by atoms with Gasteiger partial charge in [-0.05, 0) is 52.8 Å². The van der Waals surface area contributed by atoms with Gasteiger partial charge in [-0.25, -0.2) is 4.79 Å². The van der Waals surface area contributed by atoms with Crippen LogP contribution in [-0.2, 0) is 4.74 Å². The lowest BCUT2D eigenvalue weighted by atomic mass is 9.89. The Kier molecular flexibility index (Phi) is 6.03. The molecule has 3 aromatic rings. The summed E-state index contributed by atoms with van der Waals surface area (Å²) >= 11 is 3.43. The molecular weight excluding hydrogens is 466 g/mol. The predicted octanol–water partition coefficient (Wildman–Crippen LogP) is 6.14. The number of piperidine rings is 1. The van der Waals surface area contributed by atoms with Crippen LogP contribution in [0.4, 0.5) is 4.79 Å². The molecule has 0 radical (unpaired) electrons. The number of ether oxygens (including phenoxy) is 1. The summed E-state index contributed by atoms with van der Waals surface area (Å²) in [6.45, 7) is 1.50. The van der Waals surface area contributed by atoms with E-state index in [2.05, 4.69) is 52.3 Å². The van der Waals surface area contributed by atoms with Crippen LogP contribution in [0.25, 0.3) is 11.1 Å². The van der Waals surface area contributed by atoms with Gasteiger partial charge in [-0.1, -0.05) is 76.6 Å². The van der Waals surface area contributed by atoms with Crippen LogP contribution in [0.5, 0.6) is 0 Å². The average molecular weight is 492 g/mol. The lowest BCUT2D eigenvalue weighted by Gasteiger charge is -2.34. The summed E-state index contributed by atoms with van der Waals surface area (Å²) in [5.41, 5.74) is 5.75. The molecular formula is C27H26BrNO3. The molecule has 2 aliphatic rings. The Balaban J connectivity index is 1.25. The maximum Gasteiger partial charge on any atom is 0.409 e. The van der Waals surface area contributed by atoms with Gasteiger partial charge >= 0.3 is 6.09 Å². The van der Waals surface area contributed by atoms with Gasteiger partial charge in [-0.2, -0.15) is 0 Å². The molecule has 0 bridgehead atoms. The largest absolute Gasteiger partial charge is 0.448 e. The van der Waals surface area contributed by atoms with Crippen LogP contribution in [0.2, 0.25) is 0 Å². The van der Waals surface area contributed by atoms with Crippen molar-refractivity contribution in [3.8, 4) is 11.1 Å². The van der Waals surface area contributed by atoms with E-state index in [1.54, 1.807) is 4.90 Å². The van der Waals surface area contributed by atoms with E-state index in [4.69, 9.17) is 4.74 Å². The molecule has 5 heteroatoms. The number of aliphatic hydroxyl groups is 1. The molecule has 1 saturated heterocycles. The molecule has 2 unspecified atom stereocenters. The van der Waals surface area contributed by atoms with Crippen molar-refractivity contribution >= 4 is 22.0 Å². The van der Waals surface area contributed by atoms with E-state index in [-0.39, 0.29) is 17.9 Å². The second kappa shape index (κ2) is 9.08. The highest BCUT2D eigenvalue weighted by Gasteiger charge is 2.32. The van der Waals surface area contributed by atoms with Crippen LogP contribution in [0.1, 0.15) is 41.6 Å². The third-order valence-corrected chi connectivity index (χ3v) is 7.24. The highest BCUT2D eigenvalue weighted by atomic mass is 79.9. The lowest BCUT2D eigenvalue weighted by Crippen LogP contribution is -2.42. The van der Waals surface area contributed by atoms with Gasteiger partial charge in [-0.15, -0.1) is 0 Å². The molecule has 4 nitrogen and oxygen atoms in total. The van der Waals surface area contributed by atoms with E-state index < -0.39 is 6.10 Å². The zero-order chi connectivity index (χ0) is 22.1. The Bertz CT molecular complexity index is 1070. The fraction of sp³-hybridized carbons (Fsp3) is 0.296. The minimum Gasteiger partial charge on any atom is -0.448 e. The molecule has 0 aromatic heterocycles. The van der Waals surface area contributed by atoms with E-state index in [9.17, 15) is 9.90 Å². The number of fused-ring (bicyclic) bond motifs is 3. The van der Waals surface area contributed by atoms with E-state index in [1.807, 2.05) is 36.4 Å². The quantitative estimate of drug-likeness (QED) is 0.476. The van der Waals surface area contributed by atoms with Crippen molar-refractivity contribution in [2.45, 2.75) is 24.9 Å². The monoisotopic (exact) mass is 491 g/mol. The highest BCUT2D eigenvalue weighted by Crippen LogP contribution is 2.44. The highest BCUT2D eigenvalue weighted by molar-refractivity contribution is 9.10. The van der Waals surface area contributed by atoms with E-state index in [0.29, 0.717) is 19.7 Å². The number of carbonyl (C=O) groups is 1. The van der Waals surface area contributed by atoms with Gasteiger partial charge in [0.2, 0.25) is 0 Å². The van der Waals surface area contributed by atoms with Crippen LogP contribution in [0, 0.1) is 5.92 Å². The summed E-state index contributed by atoms with van der Waals surface area (Å²) in [5, 5.41) is 10.9. The Morgan fingerprint density at radius 3 is 2.28 bits per heavy atom. The van der Waals surface area contributed by atoms with E-state index >= 15 is 0 Å².